The van der Waals surface area contributed by atoms with Gasteiger partial charge < -0.3 is 25.2 Å². The number of amides is 1. The molecule has 0 spiro atoms. The number of hydrogen-bond acceptors (Lipinski definition) is 7. The van der Waals surface area contributed by atoms with Gasteiger partial charge in [-0.25, -0.2) is 13.2 Å². The van der Waals surface area contributed by atoms with Crippen LogP contribution in [-0.2, 0) is 19.6 Å². The third kappa shape index (κ3) is 9.39. The average Bonchev–Trinajstić information content (AvgIpc) is 3.35. The number of fused-ring (bicyclic) bond motifs is 2. The highest BCUT2D eigenvalue weighted by Crippen LogP contribution is 2.38. The van der Waals surface area contributed by atoms with Gasteiger partial charge in [0, 0.05) is 36.1 Å². The van der Waals surface area contributed by atoms with Crippen LogP contribution in [0.15, 0.2) is 53.4 Å². The quantitative estimate of drug-likeness (QED) is 0.337. The number of carboxylic acids is 1. The smallest absolute Gasteiger partial charge is 0.490 e. The van der Waals surface area contributed by atoms with E-state index in [2.05, 4.69) is 0 Å². The van der Waals surface area contributed by atoms with Crippen molar-refractivity contribution in [3.8, 4) is 11.5 Å². The fraction of sp³-hybridized carbons (Fsp3) is 0.588. The molecule has 4 atom stereocenters. The summed E-state index contributed by atoms with van der Waals surface area (Å²) in [5.74, 6) is -1.00. The first-order chi connectivity index (χ1) is 23.2. The molecule has 3 heterocycles. The predicted molar refractivity (Wildman–Crippen MR) is 176 cm³/mol. The van der Waals surface area contributed by atoms with Gasteiger partial charge >= 0.3 is 12.1 Å². The Morgan fingerprint density at radius 3 is 2.02 bits per heavy atom. The fourth-order valence-corrected chi connectivity index (χ4v) is 9.13. The molecule has 3 aliphatic heterocycles. The van der Waals surface area contributed by atoms with Crippen LogP contribution in [0.3, 0.4) is 0 Å². The van der Waals surface area contributed by atoms with Gasteiger partial charge in [0.1, 0.15) is 23.6 Å². The number of aliphatic carboxylic acids is 1. The van der Waals surface area contributed by atoms with E-state index in [0.29, 0.717) is 35.5 Å². The maximum absolute atomic E-state index is 14.2. The van der Waals surface area contributed by atoms with Crippen molar-refractivity contribution in [2.75, 3.05) is 13.2 Å². The van der Waals surface area contributed by atoms with E-state index in [9.17, 15) is 26.4 Å². The molecule has 3 saturated heterocycles. The van der Waals surface area contributed by atoms with Gasteiger partial charge in [-0.3, -0.25) is 4.79 Å². The molecule has 2 unspecified atom stereocenters. The molecule has 270 valence electrons. The summed E-state index contributed by atoms with van der Waals surface area (Å²) >= 11 is 6.04. The summed E-state index contributed by atoms with van der Waals surface area (Å²) in [5, 5.41) is 7.74. The summed E-state index contributed by atoms with van der Waals surface area (Å²) in [4.78, 5) is 25.2. The normalized spacial score (nSPS) is 26.4. The molecule has 1 aliphatic carbocycles. The van der Waals surface area contributed by atoms with E-state index in [-0.39, 0.29) is 48.0 Å². The number of piperidine rings is 2. The Hall–Kier alpha value is -3.07. The van der Waals surface area contributed by atoms with Crippen molar-refractivity contribution in [3.63, 3.8) is 0 Å². The van der Waals surface area contributed by atoms with Gasteiger partial charge in [0.15, 0.2) is 0 Å². The van der Waals surface area contributed by atoms with Crippen molar-refractivity contribution in [2.24, 2.45) is 11.7 Å². The van der Waals surface area contributed by atoms with Crippen LogP contribution in [-0.4, -0.2) is 84.2 Å². The molecule has 10 nitrogen and oxygen atoms in total. The number of ether oxygens (including phenoxy) is 2. The number of nitrogens with zero attached hydrogens (tertiary/aromatic N) is 2. The summed E-state index contributed by atoms with van der Waals surface area (Å²) in [6.45, 7) is 0.852. The lowest BCUT2D eigenvalue weighted by Crippen LogP contribution is -2.60. The van der Waals surface area contributed by atoms with Gasteiger partial charge in [0.2, 0.25) is 15.9 Å². The standard InChI is InChI=1S/C32H42ClN3O5S.C2HF3O2/c33-23-6-10-28(11-7-23)41-29-16-17-35(31(20-29)32(37)36-25-8-9-26(36)19-24(34)18-25)42(38,39)30-14-12-27(13-15-30)40-21-22-4-2-1-3-5-22;3-2(4,5)1(6)7/h6-7,10-15,22,24-26,29,31H,1-5,8-9,16-21,34H2;(H,6,7)/t24?,25?,26?,29-,31+;/m1./s1. The Morgan fingerprint density at radius 1 is 0.878 bits per heavy atom. The van der Waals surface area contributed by atoms with Crippen molar-refractivity contribution in [1.29, 1.82) is 0 Å². The number of nitrogens with two attached hydrogens (primary N) is 1. The zero-order valence-corrected chi connectivity index (χ0v) is 28.6. The average molecular weight is 730 g/mol. The van der Waals surface area contributed by atoms with Gasteiger partial charge in [0.05, 0.1) is 11.5 Å². The highest BCUT2D eigenvalue weighted by Gasteiger charge is 2.49. The monoisotopic (exact) mass is 729 g/mol. The Balaban J connectivity index is 0.000000606. The van der Waals surface area contributed by atoms with Gasteiger partial charge in [-0.05, 0) is 99.4 Å². The van der Waals surface area contributed by atoms with Crippen molar-refractivity contribution in [1.82, 2.24) is 9.21 Å². The molecule has 4 aliphatic rings. The molecule has 0 radical (unpaired) electrons. The maximum atomic E-state index is 14.2. The molecule has 6 rings (SSSR count). The molecule has 49 heavy (non-hydrogen) atoms. The molecule has 2 aromatic rings. The number of sulfonamides is 1. The molecule has 2 bridgehead atoms. The third-order valence-electron chi connectivity index (χ3n) is 9.81. The second kappa shape index (κ2) is 15.9. The largest absolute Gasteiger partial charge is 0.493 e. The topological polar surface area (TPSA) is 139 Å². The highest BCUT2D eigenvalue weighted by atomic mass is 35.5. The van der Waals surface area contributed by atoms with Crippen LogP contribution >= 0.6 is 11.6 Å². The molecule has 0 aromatic heterocycles. The van der Waals surface area contributed by atoms with Crippen molar-refractivity contribution >= 4 is 33.5 Å². The highest BCUT2D eigenvalue weighted by molar-refractivity contribution is 7.89. The summed E-state index contributed by atoms with van der Waals surface area (Å²) in [6.07, 6.45) is 4.88. The number of benzene rings is 2. The number of alkyl halides is 3. The molecule has 3 N–H and O–H groups in total. The first-order valence-corrected chi connectivity index (χ1v) is 18.6. The van der Waals surface area contributed by atoms with E-state index in [1.165, 1.54) is 36.4 Å². The van der Waals surface area contributed by atoms with Crippen LogP contribution in [0.25, 0.3) is 0 Å². The van der Waals surface area contributed by atoms with E-state index in [4.69, 9.17) is 36.7 Å². The fourth-order valence-electron chi connectivity index (χ4n) is 7.40. The summed E-state index contributed by atoms with van der Waals surface area (Å²) in [6, 6.07) is 13.1. The minimum Gasteiger partial charge on any atom is -0.493 e. The zero-order valence-electron chi connectivity index (χ0n) is 27.1. The zero-order chi connectivity index (χ0) is 35.3. The van der Waals surface area contributed by atoms with Crippen LogP contribution < -0.4 is 15.2 Å². The second-order valence-corrected chi connectivity index (χ2v) is 15.6. The first kappa shape index (κ1) is 37.2. The summed E-state index contributed by atoms with van der Waals surface area (Å²) < 4.78 is 73.5. The first-order valence-electron chi connectivity index (χ1n) is 16.8. The lowest BCUT2D eigenvalue weighted by Gasteiger charge is -2.44. The number of rotatable bonds is 8. The third-order valence-corrected chi connectivity index (χ3v) is 12.0. The predicted octanol–water partition coefficient (Wildman–Crippen LogP) is 6.01. The molecule has 4 fully saturated rings. The molecule has 1 saturated carbocycles. The Kier molecular flexibility index (Phi) is 12.0. The molecule has 1 amide bonds. The van der Waals surface area contributed by atoms with E-state index < -0.39 is 28.2 Å². The van der Waals surface area contributed by atoms with E-state index in [1.807, 2.05) is 4.90 Å². The molecular formula is C34H43ClF3N3O7S. The van der Waals surface area contributed by atoms with Gasteiger partial charge in [0.25, 0.3) is 0 Å². The van der Waals surface area contributed by atoms with Crippen molar-refractivity contribution in [2.45, 2.75) is 112 Å². The number of carbonyl (C=O) groups is 2. The number of carboxylic acid groups (broad SMARTS) is 1. The Labute approximate surface area is 289 Å². The summed E-state index contributed by atoms with van der Waals surface area (Å²) in [7, 11) is -3.94. The second-order valence-electron chi connectivity index (χ2n) is 13.3. The Morgan fingerprint density at radius 2 is 1.45 bits per heavy atom. The maximum Gasteiger partial charge on any atom is 0.490 e. The molecular weight excluding hydrogens is 687 g/mol. The SMILES string of the molecule is NC1CC2CCC(C1)N2C(=O)[C@@H]1C[C@H](Oc2ccc(Cl)cc2)CCN1S(=O)(=O)c1ccc(OCC2CCCCC2)cc1.O=C(O)C(F)(F)F. The number of halogens is 4. The number of hydrogen-bond donors (Lipinski definition) is 2. The van der Waals surface area contributed by atoms with Gasteiger partial charge in [-0.15, -0.1) is 0 Å². The molecule has 2 aromatic carbocycles. The van der Waals surface area contributed by atoms with Crippen LogP contribution in [0.4, 0.5) is 13.2 Å². The van der Waals surface area contributed by atoms with Crippen LogP contribution in [0.1, 0.15) is 70.6 Å². The van der Waals surface area contributed by atoms with Crippen LogP contribution in [0.5, 0.6) is 11.5 Å². The van der Waals surface area contributed by atoms with Gasteiger partial charge in [-0.2, -0.15) is 17.5 Å². The van der Waals surface area contributed by atoms with E-state index in [1.54, 1.807) is 48.5 Å². The van der Waals surface area contributed by atoms with Crippen molar-refractivity contribution < 1.29 is 45.8 Å². The van der Waals surface area contributed by atoms with E-state index >= 15 is 0 Å². The summed E-state index contributed by atoms with van der Waals surface area (Å²) in [5.41, 5.74) is 6.28. The van der Waals surface area contributed by atoms with Gasteiger partial charge in [-0.1, -0.05) is 30.9 Å². The minimum atomic E-state index is -5.08. The van der Waals surface area contributed by atoms with Crippen LogP contribution in [0.2, 0.25) is 5.02 Å². The number of carbonyl (C=O) groups excluding carboxylic acids is 1. The van der Waals surface area contributed by atoms with Crippen molar-refractivity contribution in [3.05, 3.63) is 53.6 Å². The Bertz CT molecular complexity index is 1530. The molecule has 15 heteroatoms. The minimum absolute atomic E-state index is 0.0639. The lowest BCUT2D eigenvalue weighted by atomic mass is 9.90. The van der Waals surface area contributed by atoms with E-state index in [0.717, 1.165) is 25.7 Å². The van der Waals surface area contributed by atoms with Crippen LogP contribution in [0, 0.1) is 5.92 Å². The lowest BCUT2D eigenvalue weighted by molar-refractivity contribution is -0.192.